The van der Waals surface area contributed by atoms with Gasteiger partial charge in [0, 0.05) is 12.1 Å². The molecule has 18 heavy (non-hydrogen) atoms. The van der Waals surface area contributed by atoms with Gasteiger partial charge in [0.15, 0.2) is 0 Å². The van der Waals surface area contributed by atoms with E-state index in [0.717, 1.165) is 11.8 Å². The van der Waals surface area contributed by atoms with Crippen LogP contribution in [0.4, 0.5) is 0 Å². The van der Waals surface area contributed by atoms with Crippen molar-refractivity contribution in [3.63, 3.8) is 0 Å². The molecule has 0 saturated heterocycles. The number of nitrogens with zero attached hydrogens (tertiary/aromatic N) is 1. The number of aromatic nitrogens is 2. The van der Waals surface area contributed by atoms with E-state index >= 15 is 0 Å². The van der Waals surface area contributed by atoms with Gasteiger partial charge in [0.25, 0.3) is 0 Å². The summed E-state index contributed by atoms with van der Waals surface area (Å²) in [5, 5.41) is 0. The second-order valence-electron chi connectivity index (χ2n) is 6.01. The van der Waals surface area contributed by atoms with Crippen molar-refractivity contribution in [1.29, 1.82) is 0 Å². The first kappa shape index (κ1) is 12.0. The summed E-state index contributed by atoms with van der Waals surface area (Å²) >= 11 is 0. The number of aromatic amines is 1. The minimum Gasteiger partial charge on any atom is -0.351 e. The monoisotopic (exact) mass is 244 g/mol. The molecule has 2 aliphatic carbocycles. The van der Waals surface area contributed by atoms with Crippen molar-refractivity contribution in [1.82, 2.24) is 9.97 Å². The number of H-pyrrole nitrogens is 1. The molecular weight excluding hydrogens is 220 g/mol. The lowest BCUT2D eigenvalue weighted by Crippen LogP contribution is -2.05. The number of allylic oxidation sites excluding steroid dienone is 2. The lowest BCUT2D eigenvalue weighted by atomic mass is 9.86. The summed E-state index contributed by atoms with van der Waals surface area (Å²) in [6, 6.07) is 0. The molecule has 0 spiro atoms. The van der Waals surface area contributed by atoms with Crippen molar-refractivity contribution in [2.24, 2.45) is 11.8 Å². The van der Waals surface area contributed by atoms with E-state index in [2.05, 4.69) is 22.1 Å². The lowest BCUT2D eigenvalue weighted by molar-refractivity contribution is 0.341. The molecule has 2 aliphatic rings. The van der Waals surface area contributed by atoms with Crippen molar-refractivity contribution < 1.29 is 0 Å². The molecule has 98 valence electrons. The summed E-state index contributed by atoms with van der Waals surface area (Å²) in [7, 11) is 0. The smallest absolute Gasteiger partial charge is 0.0923 e. The molecule has 2 fully saturated rings. The molecule has 0 bridgehead atoms. The maximum absolute atomic E-state index is 4.34. The zero-order chi connectivity index (χ0) is 12.2. The van der Waals surface area contributed by atoms with Gasteiger partial charge < -0.3 is 4.98 Å². The van der Waals surface area contributed by atoms with Gasteiger partial charge in [-0.3, -0.25) is 0 Å². The maximum Gasteiger partial charge on any atom is 0.0923 e. The van der Waals surface area contributed by atoms with E-state index in [-0.39, 0.29) is 0 Å². The van der Waals surface area contributed by atoms with Crippen LogP contribution >= 0.6 is 0 Å². The Bertz CT molecular complexity index is 374. The van der Waals surface area contributed by atoms with Crippen LogP contribution in [0.2, 0.25) is 0 Å². The second kappa shape index (κ2) is 5.73. The molecule has 2 nitrogen and oxygen atoms in total. The van der Waals surface area contributed by atoms with Crippen LogP contribution in [0.3, 0.4) is 0 Å². The second-order valence-corrected chi connectivity index (χ2v) is 6.01. The Balaban J connectivity index is 1.35. The first-order valence-electron chi connectivity index (χ1n) is 7.59. The summed E-state index contributed by atoms with van der Waals surface area (Å²) in [6.07, 6.45) is 20.1. The molecule has 2 saturated carbocycles. The summed E-state index contributed by atoms with van der Waals surface area (Å²) < 4.78 is 0. The van der Waals surface area contributed by atoms with E-state index in [0.29, 0.717) is 5.92 Å². The topological polar surface area (TPSA) is 28.7 Å². The van der Waals surface area contributed by atoms with Gasteiger partial charge in [0.1, 0.15) is 0 Å². The van der Waals surface area contributed by atoms with Crippen LogP contribution in [0.5, 0.6) is 0 Å². The Kier molecular flexibility index (Phi) is 3.82. The minimum atomic E-state index is 0.696. The molecule has 0 radical (unpaired) electrons. The summed E-state index contributed by atoms with van der Waals surface area (Å²) in [6.45, 7) is 0. The maximum atomic E-state index is 4.34. The number of hydrogen-bond donors (Lipinski definition) is 1. The van der Waals surface area contributed by atoms with Gasteiger partial charge in [-0.05, 0) is 31.1 Å². The highest BCUT2D eigenvalue weighted by Crippen LogP contribution is 2.47. The molecule has 2 heteroatoms. The SMILES string of the molecule is C(=C\[C@@H]1C[C@H]1c1c[nH]cn1)/CCC1CCCCC1. The average Bonchev–Trinajstić information content (AvgIpc) is 2.98. The minimum absolute atomic E-state index is 0.696. The molecule has 0 amide bonds. The molecule has 1 heterocycles. The fourth-order valence-corrected chi connectivity index (χ4v) is 3.32. The van der Waals surface area contributed by atoms with Crippen molar-refractivity contribution in [2.45, 2.75) is 57.3 Å². The van der Waals surface area contributed by atoms with Gasteiger partial charge in [0.2, 0.25) is 0 Å². The van der Waals surface area contributed by atoms with Gasteiger partial charge >= 0.3 is 0 Å². The molecule has 3 rings (SSSR count). The Morgan fingerprint density at radius 2 is 2.17 bits per heavy atom. The van der Waals surface area contributed by atoms with Gasteiger partial charge in [-0.2, -0.15) is 0 Å². The fraction of sp³-hybridized carbons (Fsp3) is 0.688. The van der Waals surface area contributed by atoms with E-state index in [4.69, 9.17) is 0 Å². The van der Waals surface area contributed by atoms with Crippen molar-refractivity contribution in [2.75, 3.05) is 0 Å². The van der Waals surface area contributed by atoms with Crippen molar-refractivity contribution in [3.05, 3.63) is 30.4 Å². The molecule has 1 N–H and O–H groups in total. The van der Waals surface area contributed by atoms with Crippen molar-refractivity contribution >= 4 is 0 Å². The highest BCUT2D eigenvalue weighted by atomic mass is 14.9. The number of nitrogens with one attached hydrogen (secondary N) is 1. The van der Waals surface area contributed by atoms with Crippen LogP contribution in [0.25, 0.3) is 0 Å². The Hall–Kier alpha value is -1.05. The highest BCUT2D eigenvalue weighted by molar-refractivity contribution is 5.19. The zero-order valence-corrected chi connectivity index (χ0v) is 11.1. The predicted molar refractivity (Wildman–Crippen MR) is 74.4 cm³/mol. The Morgan fingerprint density at radius 1 is 1.28 bits per heavy atom. The third kappa shape index (κ3) is 3.04. The molecule has 0 aromatic carbocycles. The van der Waals surface area contributed by atoms with Gasteiger partial charge in [0.05, 0.1) is 12.0 Å². The normalized spacial score (nSPS) is 28.9. The van der Waals surface area contributed by atoms with Gasteiger partial charge in [-0.1, -0.05) is 44.3 Å². The third-order valence-electron chi connectivity index (χ3n) is 4.59. The van der Waals surface area contributed by atoms with E-state index < -0.39 is 0 Å². The first-order valence-corrected chi connectivity index (χ1v) is 7.59. The lowest BCUT2D eigenvalue weighted by Gasteiger charge is -2.20. The summed E-state index contributed by atoms with van der Waals surface area (Å²) in [4.78, 5) is 7.39. The van der Waals surface area contributed by atoms with Crippen LogP contribution in [-0.4, -0.2) is 9.97 Å². The number of hydrogen-bond acceptors (Lipinski definition) is 1. The molecule has 2 atom stereocenters. The Labute approximate surface area is 110 Å². The van der Waals surface area contributed by atoms with Crippen LogP contribution in [0.15, 0.2) is 24.7 Å². The Morgan fingerprint density at radius 3 is 2.94 bits per heavy atom. The molecular formula is C16H24N2. The average molecular weight is 244 g/mol. The van der Waals surface area contributed by atoms with Gasteiger partial charge in [-0.25, -0.2) is 4.98 Å². The third-order valence-corrected chi connectivity index (χ3v) is 4.59. The van der Waals surface area contributed by atoms with Crippen LogP contribution in [-0.2, 0) is 0 Å². The standard InChI is InChI=1S/C16H24N2/c1-2-6-13(7-3-1)8-4-5-9-14-10-15(14)16-11-17-12-18-16/h5,9,11-15H,1-4,6-8,10H2,(H,17,18)/b9-5+/t14-,15-/m1/s1. The van der Waals surface area contributed by atoms with E-state index in [1.54, 1.807) is 6.33 Å². The number of rotatable bonds is 5. The van der Waals surface area contributed by atoms with Crippen LogP contribution in [0.1, 0.15) is 63.0 Å². The van der Waals surface area contributed by atoms with E-state index in [1.165, 1.54) is 57.1 Å². The predicted octanol–water partition coefficient (Wildman–Crippen LogP) is 4.43. The first-order chi connectivity index (χ1) is 8.93. The largest absolute Gasteiger partial charge is 0.351 e. The van der Waals surface area contributed by atoms with Crippen LogP contribution in [0, 0.1) is 11.8 Å². The zero-order valence-electron chi connectivity index (χ0n) is 11.1. The molecule has 1 aromatic heterocycles. The summed E-state index contributed by atoms with van der Waals surface area (Å²) in [5.74, 6) is 2.48. The van der Waals surface area contributed by atoms with Crippen molar-refractivity contribution in [3.8, 4) is 0 Å². The molecule has 0 unspecified atom stereocenters. The summed E-state index contributed by atoms with van der Waals surface area (Å²) in [5.41, 5.74) is 1.25. The number of imidazole rings is 1. The molecule has 1 aromatic rings. The van der Waals surface area contributed by atoms with E-state index in [9.17, 15) is 0 Å². The van der Waals surface area contributed by atoms with Crippen LogP contribution < -0.4 is 0 Å². The highest BCUT2D eigenvalue weighted by Gasteiger charge is 2.37. The quantitative estimate of drug-likeness (QED) is 0.763. The fourth-order valence-electron chi connectivity index (χ4n) is 3.32. The molecule has 0 aliphatic heterocycles. The van der Waals surface area contributed by atoms with Gasteiger partial charge in [-0.15, -0.1) is 0 Å². The van der Waals surface area contributed by atoms with E-state index in [1.807, 2.05) is 6.20 Å².